The Morgan fingerprint density at radius 1 is 1.45 bits per heavy atom. The summed E-state index contributed by atoms with van der Waals surface area (Å²) in [7, 11) is 0. The van der Waals surface area contributed by atoms with Crippen molar-refractivity contribution in [1.82, 2.24) is 0 Å². The lowest BCUT2D eigenvalue weighted by Crippen LogP contribution is -1.98. The average molecular weight is 156 g/mol. The van der Waals surface area contributed by atoms with Crippen molar-refractivity contribution < 1.29 is 5.11 Å². The van der Waals surface area contributed by atoms with Crippen LogP contribution in [-0.4, -0.2) is 11.7 Å². The van der Waals surface area contributed by atoms with E-state index in [1.54, 1.807) is 0 Å². The quantitative estimate of drug-likeness (QED) is 0.463. The van der Waals surface area contributed by atoms with Gasteiger partial charge in [-0.25, -0.2) is 0 Å². The van der Waals surface area contributed by atoms with E-state index in [0.717, 1.165) is 19.3 Å². The van der Waals surface area contributed by atoms with Crippen molar-refractivity contribution in [2.45, 2.75) is 39.5 Å². The Morgan fingerprint density at radius 3 is 2.55 bits per heavy atom. The largest absolute Gasteiger partial charge is 0.396 e. The van der Waals surface area contributed by atoms with Crippen molar-refractivity contribution >= 4 is 0 Å². The van der Waals surface area contributed by atoms with Crippen LogP contribution in [0.3, 0.4) is 0 Å². The normalized spacial score (nSPS) is 13.0. The number of allylic oxidation sites excluding steroid dienone is 1. The van der Waals surface area contributed by atoms with Gasteiger partial charge < -0.3 is 5.11 Å². The summed E-state index contributed by atoms with van der Waals surface area (Å²) in [5.41, 5.74) is 1.34. The maximum absolute atomic E-state index is 8.55. The standard InChI is InChI=1S/C10H20O/c1-4-9(2)10(3)7-5-6-8-11/h10-11H,2,4-8H2,1,3H3. The van der Waals surface area contributed by atoms with E-state index in [4.69, 9.17) is 5.11 Å². The lowest BCUT2D eigenvalue weighted by molar-refractivity contribution is 0.280. The molecule has 0 saturated carbocycles. The third-order valence-electron chi connectivity index (χ3n) is 2.20. The molecule has 11 heavy (non-hydrogen) atoms. The molecule has 1 heteroatoms. The molecular formula is C10H20O. The number of hydrogen-bond acceptors (Lipinski definition) is 1. The van der Waals surface area contributed by atoms with Gasteiger partial charge in [-0.2, -0.15) is 0 Å². The highest BCUT2D eigenvalue weighted by Crippen LogP contribution is 2.17. The second-order valence-corrected chi connectivity index (χ2v) is 3.13. The Labute approximate surface area is 70.1 Å². The molecule has 1 atom stereocenters. The van der Waals surface area contributed by atoms with Gasteiger partial charge in [0.2, 0.25) is 0 Å². The summed E-state index contributed by atoms with van der Waals surface area (Å²) in [5.74, 6) is 0.631. The first kappa shape index (κ1) is 10.7. The van der Waals surface area contributed by atoms with Crippen LogP contribution in [0, 0.1) is 5.92 Å². The molecule has 0 aliphatic heterocycles. The highest BCUT2D eigenvalue weighted by Gasteiger charge is 2.03. The number of aliphatic hydroxyl groups is 1. The fraction of sp³-hybridized carbons (Fsp3) is 0.800. The minimum absolute atomic E-state index is 0.325. The van der Waals surface area contributed by atoms with Crippen LogP contribution in [0.4, 0.5) is 0 Å². The molecule has 0 saturated heterocycles. The number of hydrogen-bond donors (Lipinski definition) is 1. The van der Waals surface area contributed by atoms with Crippen LogP contribution in [0.25, 0.3) is 0 Å². The molecule has 0 heterocycles. The van der Waals surface area contributed by atoms with Crippen molar-refractivity contribution in [3.05, 3.63) is 12.2 Å². The molecule has 0 spiro atoms. The van der Waals surface area contributed by atoms with E-state index < -0.39 is 0 Å². The first-order chi connectivity index (χ1) is 5.22. The third-order valence-corrected chi connectivity index (χ3v) is 2.20. The first-order valence-corrected chi connectivity index (χ1v) is 4.50. The summed E-state index contributed by atoms with van der Waals surface area (Å²) in [6.07, 6.45) is 4.31. The average Bonchev–Trinajstić information content (AvgIpc) is 2.03. The minimum Gasteiger partial charge on any atom is -0.396 e. The minimum atomic E-state index is 0.325. The summed E-state index contributed by atoms with van der Waals surface area (Å²) in [5, 5.41) is 8.55. The predicted octanol–water partition coefficient (Wildman–Crippen LogP) is 2.75. The molecular weight excluding hydrogens is 136 g/mol. The molecule has 0 aromatic carbocycles. The molecule has 0 rings (SSSR count). The zero-order valence-electron chi connectivity index (χ0n) is 7.77. The fourth-order valence-electron chi connectivity index (χ4n) is 1.11. The summed E-state index contributed by atoms with van der Waals surface area (Å²) >= 11 is 0. The summed E-state index contributed by atoms with van der Waals surface area (Å²) < 4.78 is 0. The molecule has 1 nitrogen and oxygen atoms in total. The zero-order chi connectivity index (χ0) is 8.69. The smallest absolute Gasteiger partial charge is 0.0431 e. The van der Waals surface area contributed by atoms with Crippen LogP contribution in [-0.2, 0) is 0 Å². The van der Waals surface area contributed by atoms with Gasteiger partial charge in [-0.05, 0) is 25.2 Å². The fourth-order valence-corrected chi connectivity index (χ4v) is 1.11. The van der Waals surface area contributed by atoms with Crippen LogP contribution in [0.5, 0.6) is 0 Å². The summed E-state index contributed by atoms with van der Waals surface area (Å²) in [6.45, 7) is 8.67. The molecule has 0 bridgehead atoms. The van der Waals surface area contributed by atoms with Gasteiger partial charge in [0, 0.05) is 6.61 Å². The monoisotopic (exact) mass is 156 g/mol. The van der Waals surface area contributed by atoms with E-state index in [-0.39, 0.29) is 0 Å². The Balaban J connectivity index is 3.36. The van der Waals surface area contributed by atoms with E-state index in [1.807, 2.05) is 0 Å². The molecule has 0 aromatic rings. The lowest BCUT2D eigenvalue weighted by Gasteiger charge is -2.11. The van der Waals surface area contributed by atoms with E-state index in [9.17, 15) is 0 Å². The number of unbranched alkanes of at least 4 members (excludes halogenated alkanes) is 1. The molecule has 0 amide bonds. The van der Waals surface area contributed by atoms with Crippen LogP contribution in [0.1, 0.15) is 39.5 Å². The third kappa shape index (κ3) is 5.02. The van der Waals surface area contributed by atoms with Gasteiger partial charge in [-0.15, -0.1) is 0 Å². The van der Waals surface area contributed by atoms with E-state index >= 15 is 0 Å². The molecule has 0 aliphatic rings. The maximum atomic E-state index is 8.55. The first-order valence-electron chi connectivity index (χ1n) is 4.50. The number of aliphatic hydroxyl groups excluding tert-OH is 1. The van der Waals surface area contributed by atoms with Crippen molar-refractivity contribution in [3.63, 3.8) is 0 Å². The maximum Gasteiger partial charge on any atom is 0.0431 e. The molecule has 0 radical (unpaired) electrons. The Morgan fingerprint density at radius 2 is 2.09 bits per heavy atom. The Kier molecular flexibility index (Phi) is 6.24. The zero-order valence-corrected chi connectivity index (χ0v) is 7.77. The van der Waals surface area contributed by atoms with Gasteiger partial charge in [0.05, 0.1) is 0 Å². The van der Waals surface area contributed by atoms with Gasteiger partial charge in [0.1, 0.15) is 0 Å². The van der Waals surface area contributed by atoms with E-state index in [0.29, 0.717) is 12.5 Å². The van der Waals surface area contributed by atoms with Crippen LogP contribution in [0.2, 0.25) is 0 Å². The van der Waals surface area contributed by atoms with Crippen molar-refractivity contribution in [2.24, 2.45) is 5.92 Å². The molecule has 1 unspecified atom stereocenters. The van der Waals surface area contributed by atoms with Gasteiger partial charge in [-0.1, -0.05) is 32.4 Å². The highest BCUT2D eigenvalue weighted by molar-refractivity contribution is 4.97. The van der Waals surface area contributed by atoms with Crippen molar-refractivity contribution in [1.29, 1.82) is 0 Å². The van der Waals surface area contributed by atoms with Crippen molar-refractivity contribution in [3.8, 4) is 0 Å². The van der Waals surface area contributed by atoms with Crippen molar-refractivity contribution in [2.75, 3.05) is 6.61 Å². The van der Waals surface area contributed by atoms with E-state index in [1.165, 1.54) is 12.0 Å². The molecule has 1 N–H and O–H groups in total. The van der Waals surface area contributed by atoms with Crippen LogP contribution < -0.4 is 0 Å². The van der Waals surface area contributed by atoms with Gasteiger partial charge in [0.25, 0.3) is 0 Å². The second-order valence-electron chi connectivity index (χ2n) is 3.13. The van der Waals surface area contributed by atoms with Crippen LogP contribution in [0.15, 0.2) is 12.2 Å². The topological polar surface area (TPSA) is 20.2 Å². The predicted molar refractivity (Wildman–Crippen MR) is 49.5 cm³/mol. The summed E-state index contributed by atoms with van der Waals surface area (Å²) in [6, 6.07) is 0. The second kappa shape index (κ2) is 6.41. The molecule has 66 valence electrons. The van der Waals surface area contributed by atoms with Crippen LogP contribution >= 0.6 is 0 Å². The highest BCUT2D eigenvalue weighted by atomic mass is 16.2. The van der Waals surface area contributed by atoms with Gasteiger partial charge >= 0.3 is 0 Å². The molecule has 0 fully saturated rings. The molecule has 0 aliphatic carbocycles. The SMILES string of the molecule is C=C(CC)C(C)CCCCO. The van der Waals surface area contributed by atoms with Gasteiger partial charge in [0.15, 0.2) is 0 Å². The number of rotatable bonds is 6. The van der Waals surface area contributed by atoms with E-state index in [2.05, 4.69) is 20.4 Å². The summed E-state index contributed by atoms with van der Waals surface area (Å²) in [4.78, 5) is 0. The Bertz CT molecular complexity index is 107. The Hall–Kier alpha value is -0.300. The van der Waals surface area contributed by atoms with Gasteiger partial charge in [-0.3, -0.25) is 0 Å². The molecule has 0 aromatic heterocycles. The lowest BCUT2D eigenvalue weighted by atomic mass is 9.95.